The molecule has 1 atom stereocenters. The first kappa shape index (κ1) is 24.5. The number of hydrogen-bond acceptors (Lipinski definition) is 9. The Hall–Kier alpha value is -3.63. The van der Waals surface area contributed by atoms with Gasteiger partial charge in [0, 0.05) is 0 Å². The summed E-state index contributed by atoms with van der Waals surface area (Å²) in [6.45, 7) is 7.05. The van der Waals surface area contributed by atoms with E-state index < -0.39 is 29.5 Å². The van der Waals surface area contributed by atoms with Crippen molar-refractivity contribution in [3.63, 3.8) is 0 Å². The molecule has 1 unspecified atom stereocenters. The van der Waals surface area contributed by atoms with Gasteiger partial charge in [0.25, 0.3) is 5.91 Å². The van der Waals surface area contributed by atoms with E-state index >= 15 is 0 Å². The molecule has 35 heavy (non-hydrogen) atoms. The van der Waals surface area contributed by atoms with Crippen LogP contribution in [0.1, 0.15) is 48.2 Å². The molecular formula is C25H23N3O5S2. The number of amides is 1. The van der Waals surface area contributed by atoms with Crippen LogP contribution in [-0.4, -0.2) is 45.4 Å². The van der Waals surface area contributed by atoms with Gasteiger partial charge in [-0.3, -0.25) is 14.5 Å². The van der Waals surface area contributed by atoms with Crippen molar-refractivity contribution < 1.29 is 24.2 Å². The van der Waals surface area contributed by atoms with Crippen molar-refractivity contribution >= 4 is 51.5 Å². The number of aliphatic hydroxyl groups excluding tert-OH is 1. The predicted octanol–water partition coefficient (Wildman–Crippen LogP) is 4.83. The van der Waals surface area contributed by atoms with Crippen molar-refractivity contribution in [2.24, 2.45) is 0 Å². The quantitative estimate of drug-likeness (QED) is 0.359. The van der Waals surface area contributed by atoms with Gasteiger partial charge in [0.1, 0.15) is 4.88 Å². The zero-order chi connectivity index (χ0) is 25.3. The number of Topliss-reactive ketones (excluding diaryl/α,β-unsaturated/α-hetero) is 1. The minimum absolute atomic E-state index is 0.0560. The fourth-order valence-corrected chi connectivity index (χ4v) is 5.63. The maximum absolute atomic E-state index is 13.5. The van der Waals surface area contributed by atoms with Crippen molar-refractivity contribution in [2.75, 3.05) is 11.5 Å². The Labute approximate surface area is 210 Å². The van der Waals surface area contributed by atoms with Gasteiger partial charge in [0.15, 0.2) is 10.9 Å². The van der Waals surface area contributed by atoms with Gasteiger partial charge in [0.2, 0.25) is 5.78 Å². The molecule has 0 radical (unpaired) electrons. The lowest BCUT2D eigenvalue weighted by Crippen LogP contribution is -2.35. The fraction of sp³-hybridized carbons (Fsp3) is 0.240. The molecule has 0 aliphatic carbocycles. The van der Waals surface area contributed by atoms with Crippen molar-refractivity contribution in [1.82, 2.24) is 9.97 Å². The van der Waals surface area contributed by atoms with Crippen molar-refractivity contribution in [1.29, 1.82) is 0 Å². The number of anilines is 1. The number of ether oxygens (including phenoxy) is 1. The van der Waals surface area contributed by atoms with Crippen molar-refractivity contribution in [2.45, 2.75) is 33.7 Å². The van der Waals surface area contributed by atoms with Gasteiger partial charge in [0.05, 0.1) is 39.5 Å². The van der Waals surface area contributed by atoms with Gasteiger partial charge in [-0.25, -0.2) is 14.8 Å². The number of aromatic nitrogens is 2. The van der Waals surface area contributed by atoms with Gasteiger partial charge >= 0.3 is 5.97 Å². The van der Waals surface area contributed by atoms with E-state index in [1.807, 2.05) is 30.3 Å². The van der Waals surface area contributed by atoms with E-state index in [0.29, 0.717) is 21.3 Å². The highest BCUT2D eigenvalue weighted by atomic mass is 32.1. The molecule has 1 aliphatic heterocycles. The van der Waals surface area contributed by atoms with Gasteiger partial charge in [-0.05, 0) is 33.3 Å². The zero-order valence-electron chi connectivity index (χ0n) is 19.6. The number of hydrogen-bond donors (Lipinski definition) is 1. The third kappa shape index (κ3) is 4.67. The summed E-state index contributed by atoms with van der Waals surface area (Å²) in [7, 11) is 0. The predicted molar refractivity (Wildman–Crippen MR) is 135 cm³/mol. The number of esters is 1. The lowest BCUT2D eigenvalue weighted by molar-refractivity contribution is -0.116. The number of carbonyl (C=O) groups is 3. The highest BCUT2D eigenvalue weighted by molar-refractivity contribution is 7.17. The van der Waals surface area contributed by atoms with E-state index in [4.69, 9.17) is 4.74 Å². The SMILES string of the molecule is CCOC(=O)c1sc(N2C(=O)C(O)=C(C(=O)c3sc(C)nc3C)C2C=Cc2ccccc2)nc1C. The van der Waals surface area contributed by atoms with Crippen LogP contribution in [0.15, 0.2) is 47.7 Å². The molecule has 0 fully saturated rings. The molecule has 3 aromatic rings. The first-order valence-electron chi connectivity index (χ1n) is 10.9. The smallest absolute Gasteiger partial charge is 0.350 e. The zero-order valence-corrected chi connectivity index (χ0v) is 21.2. The number of carbonyl (C=O) groups excluding carboxylic acids is 3. The highest BCUT2D eigenvalue weighted by Crippen LogP contribution is 2.38. The van der Waals surface area contributed by atoms with Crippen molar-refractivity contribution in [3.8, 4) is 0 Å². The van der Waals surface area contributed by atoms with Crippen LogP contribution >= 0.6 is 22.7 Å². The van der Waals surface area contributed by atoms with Crippen LogP contribution in [-0.2, 0) is 9.53 Å². The summed E-state index contributed by atoms with van der Waals surface area (Å²) in [6.07, 6.45) is 3.45. The topological polar surface area (TPSA) is 110 Å². The standard InChI is InChI=1S/C25H23N3O5S2/c1-5-33-24(32)22-14(3)27-25(35-22)28-17(12-11-16-9-7-6-8-10-16)18(20(30)23(28)31)19(29)21-13(2)26-15(4)34-21/h6-12,17,30H,5H2,1-4H3. The second kappa shape index (κ2) is 9.93. The molecule has 0 saturated heterocycles. The summed E-state index contributed by atoms with van der Waals surface area (Å²) in [6, 6.07) is 8.45. The molecule has 1 aromatic carbocycles. The number of aryl methyl sites for hydroxylation is 3. The number of thiazole rings is 2. The van der Waals surface area contributed by atoms with E-state index in [1.165, 1.54) is 16.2 Å². The first-order valence-corrected chi connectivity index (χ1v) is 12.5. The van der Waals surface area contributed by atoms with Crippen LogP contribution in [0.25, 0.3) is 6.08 Å². The van der Waals surface area contributed by atoms with E-state index in [1.54, 1.807) is 39.8 Å². The van der Waals surface area contributed by atoms with Gasteiger partial charge in [-0.2, -0.15) is 0 Å². The van der Waals surface area contributed by atoms with E-state index in [2.05, 4.69) is 9.97 Å². The van der Waals surface area contributed by atoms with Crippen LogP contribution in [0.4, 0.5) is 5.13 Å². The van der Waals surface area contributed by atoms with E-state index in [0.717, 1.165) is 16.9 Å². The molecule has 1 N–H and O–H groups in total. The summed E-state index contributed by atoms with van der Waals surface area (Å²) in [5, 5.41) is 11.8. The van der Waals surface area contributed by atoms with E-state index in [9.17, 15) is 19.5 Å². The number of benzene rings is 1. The minimum Gasteiger partial charge on any atom is -0.503 e. The molecular weight excluding hydrogens is 486 g/mol. The average molecular weight is 510 g/mol. The van der Waals surface area contributed by atoms with Crippen LogP contribution in [0, 0.1) is 20.8 Å². The number of nitrogens with zero attached hydrogens (tertiary/aromatic N) is 3. The Morgan fingerprint density at radius 3 is 2.40 bits per heavy atom. The molecule has 1 aliphatic rings. The fourth-order valence-electron chi connectivity index (χ4n) is 3.76. The Bertz CT molecular complexity index is 1370. The van der Waals surface area contributed by atoms with Gasteiger partial charge in [-0.15, -0.1) is 11.3 Å². The molecule has 0 bridgehead atoms. The molecule has 0 saturated carbocycles. The third-order valence-corrected chi connectivity index (χ3v) is 7.54. The first-order chi connectivity index (χ1) is 16.7. The Morgan fingerprint density at radius 2 is 1.77 bits per heavy atom. The number of ketones is 1. The third-order valence-electron chi connectivity index (χ3n) is 5.33. The molecule has 2 aromatic heterocycles. The molecule has 4 rings (SSSR count). The second-order valence-corrected chi connectivity index (χ2v) is 9.94. The van der Waals surface area contributed by atoms with Crippen molar-refractivity contribution in [3.05, 3.63) is 79.5 Å². The highest BCUT2D eigenvalue weighted by Gasteiger charge is 2.45. The minimum atomic E-state index is -0.933. The molecule has 3 heterocycles. The normalized spacial score (nSPS) is 15.9. The summed E-state index contributed by atoms with van der Waals surface area (Å²) >= 11 is 2.19. The lowest BCUT2D eigenvalue weighted by atomic mass is 10.0. The summed E-state index contributed by atoms with van der Waals surface area (Å²) in [5.41, 5.74) is 1.73. The Morgan fingerprint density at radius 1 is 1.09 bits per heavy atom. The molecule has 10 heteroatoms. The van der Waals surface area contributed by atoms with Crippen LogP contribution < -0.4 is 4.90 Å². The maximum Gasteiger partial charge on any atom is 0.350 e. The molecule has 1 amide bonds. The number of rotatable bonds is 7. The van der Waals surface area contributed by atoms with Gasteiger partial charge in [-0.1, -0.05) is 53.8 Å². The Kier molecular flexibility index (Phi) is 6.95. The Balaban J connectivity index is 1.81. The summed E-state index contributed by atoms with van der Waals surface area (Å²) in [5.74, 6) is -2.42. The summed E-state index contributed by atoms with van der Waals surface area (Å²) in [4.78, 5) is 49.7. The molecule has 0 spiro atoms. The average Bonchev–Trinajstić information content (AvgIpc) is 3.45. The molecule has 180 valence electrons. The maximum atomic E-state index is 13.5. The largest absolute Gasteiger partial charge is 0.503 e. The van der Waals surface area contributed by atoms with Crippen LogP contribution in [0.5, 0.6) is 0 Å². The lowest BCUT2D eigenvalue weighted by Gasteiger charge is -2.21. The van der Waals surface area contributed by atoms with Gasteiger partial charge < -0.3 is 9.84 Å². The van der Waals surface area contributed by atoms with E-state index in [-0.39, 0.29) is 22.2 Å². The summed E-state index contributed by atoms with van der Waals surface area (Å²) < 4.78 is 5.09. The number of aliphatic hydroxyl groups is 1. The molecule has 8 nitrogen and oxygen atoms in total. The van der Waals surface area contributed by atoms with Crippen LogP contribution in [0.2, 0.25) is 0 Å². The monoisotopic (exact) mass is 509 g/mol. The second-order valence-electron chi connectivity index (χ2n) is 7.76. The van der Waals surface area contributed by atoms with Crippen LogP contribution in [0.3, 0.4) is 0 Å².